The molecule has 0 spiro atoms. The van der Waals surface area contributed by atoms with Crippen LogP contribution in [-0.4, -0.2) is 114 Å². The van der Waals surface area contributed by atoms with Crippen LogP contribution in [0, 0.1) is 0 Å². The number of primary amides is 1. The van der Waals surface area contributed by atoms with Crippen molar-refractivity contribution in [3.05, 3.63) is 126 Å². The highest BCUT2D eigenvalue weighted by Crippen LogP contribution is 2.20. The van der Waals surface area contributed by atoms with Gasteiger partial charge in [-0.25, -0.2) is 4.79 Å². The number of carboxylic acids is 2. The highest BCUT2D eigenvalue weighted by molar-refractivity contribution is 5.99. The number of amides is 6. The van der Waals surface area contributed by atoms with E-state index in [4.69, 9.17) is 11.5 Å². The number of rotatable bonds is 23. The number of benzene rings is 4. The summed E-state index contributed by atoms with van der Waals surface area (Å²) in [5.41, 5.74) is 14.1. The van der Waals surface area contributed by atoms with Crippen LogP contribution >= 0.6 is 0 Å². The quantitative estimate of drug-likeness (QED) is 0.0402. The predicted molar refractivity (Wildman–Crippen MR) is 239 cm³/mol. The van der Waals surface area contributed by atoms with E-state index >= 15 is 0 Å². The normalized spacial score (nSPS) is 13.7. The second kappa shape index (κ2) is 22.9. The van der Waals surface area contributed by atoms with Gasteiger partial charge in [0.05, 0.1) is 18.9 Å². The fourth-order valence-corrected chi connectivity index (χ4v) is 7.02. The van der Waals surface area contributed by atoms with Crippen LogP contribution in [0.3, 0.4) is 0 Å². The molecule has 21 heteroatoms. The van der Waals surface area contributed by atoms with Gasteiger partial charge in [0.25, 0.3) is 0 Å². The zero-order valence-corrected chi connectivity index (χ0v) is 35.7. The third kappa shape index (κ3) is 14.8. The number of fused-ring (bicyclic) bond motifs is 1. The Morgan fingerprint density at radius 2 is 0.896 bits per heavy atom. The molecule has 0 aliphatic carbocycles. The molecular weight excluding hydrogens is 873 g/mol. The minimum absolute atomic E-state index is 0.0320. The Morgan fingerprint density at radius 1 is 0.493 bits per heavy atom. The Hall–Kier alpha value is -8.46. The van der Waals surface area contributed by atoms with Crippen LogP contribution in [0.4, 0.5) is 0 Å². The van der Waals surface area contributed by atoms with Crippen molar-refractivity contribution < 1.29 is 63.9 Å². The van der Waals surface area contributed by atoms with Crippen LogP contribution in [0.25, 0.3) is 10.9 Å². The van der Waals surface area contributed by atoms with Crippen molar-refractivity contribution in [2.75, 3.05) is 0 Å². The van der Waals surface area contributed by atoms with Gasteiger partial charge >= 0.3 is 11.9 Å². The lowest BCUT2D eigenvalue weighted by Gasteiger charge is -2.27. The standard InChI is InChI=1S/C46H50N8O13/c47-32(17-24-5-11-28(55)12-6-24)41(61)50-37(22-40(59)60)45(65)51-34(18-25-7-13-29(56)14-8-25)42(62)53-36(21-39(48)58)44(64)52-35(20-27-23-49-33-4-2-1-3-31(27)33)43(63)54-38(46(66)67)19-26-9-15-30(57)16-10-26/h1-16,23,32,34-38,49,55-57H,17-22,47H2,(H2,48,58)(H,50,61)(H,51,65)(H,52,64)(H,53,62)(H,54,63)(H,59,60)(H,66,67)/t32-,34-,35-,36-,37-,38-/m0/s1. The van der Waals surface area contributed by atoms with Gasteiger partial charge in [-0.3, -0.25) is 33.6 Å². The monoisotopic (exact) mass is 922 g/mol. The molecule has 5 aromatic rings. The second-order valence-electron chi connectivity index (χ2n) is 15.7. The van der Waals surface area contributed by atoms with E-state index in [0.717, 1.165) is 0 Å². The Morgan fingerprint density at radius 3 is 1.39 bits per heavy atom. The molecule has 67 heavy (non-hydrogen) atoms. The van der Waals surface area contributed by atoms with Crippen LogP contribution in [0.2, 0.25) is 0 Å². The molecule has 4 aromatic carbocycles. The second-order valence-corrected chi connectivity index (χ2v) is 15.7. The van der Waals surface area contributed by atoms with Crippen molar-refractivity contribution in [1.29, 1.82) is 0 Å². The number of H-pyrrole nitrogens is 1. The number of hydrogen-bond acceptors (Lipinski definition) is 12. The van der Waals surface area contributed by atoms with Crippen molar-refractivity contribution in [3.63, 3.8) is 0 Å². The largest absolute Gasteiger partial charge is 0.508 e. The Labute approximate surface area is 381 Å². The lowest BCUT2D eigenvalue weighted by molar-refractivity contribution is -0.142. The van der Waals surface area contributed by atoms with Crippen molar-refractivity contribution >= 4 is 58.3 Å². The van der Waals surface area contributed by atoms with Crippen LogP contribution < -0.4 is 38.1 Å². The number of carbonyl (C=O) groups excluding carboxylic acids is 6. The zero-order chi connectivity index (χ0) is 48.8. The van der Waals surface area contributed by atoms with E-state index in [1.165, 1.54) is 72.8 Å². The summed E-state index contributed by atoms with van der Waals surface area (Å²) < 4.78 is 0. The molecule has 352 valence electrons. The van der Waals surface area contributed by atoms with Crippen LogP contribution in [0.5, 0.6) is 17.2 Å². The van der Waals surface area contributed by atoms with Gasteiger partial charge in [0.1, 0.15) is 47.5 Å². The van der Waals surface area contributed by atoms with Gasteiger partial charge in [-0.2, -0.15) is 0 Å². The third-order valence-corrected chi connectivity index (χ3v) is 10.5. The lowest BCUT2D eigenvalue weighted by Crippen LogP contribution is -2.60. The molecule has 0 fully saturated rings. The maximum absolute atomic E-state index is 14.2. The summed E-state index contributed by atoms with van der Waals surface area (Å²) in [5.74, 6) is -9.50. The number of hydrogen-bond donors (Lipinski definition) is 13. The minimum Gasteiger partial charge on any atom is -0.508 e. The third-order valence-electron chi connectivity index (χ3n) is 10.5. The molecule has 21 nitrogen and oxygen atoms in total. The van der Waals surface area contributed by atoms with E-state index < -0.39 is 96.5 Å². The van der Waals surface area contributed by atoms with Gasteiger partial charge in [0, 0.05) is 36.4 Å². The molecular formula is C46H50N8O13. The van der Waals surface area contributed by atoms with Crippen LogP contribution in [0.15, 0.2) is 103 Å². The number of aromatic amines is 1. The minimum atomic E-state index is -1.82. The lowest BCUT2D eigenvalue weighted by atomic mass is 10.0. The smallest absolute Gasteiger partial charge is 0.326 e. The summed E-state index contributed by atoms with van der Waals surface area (Å²) in [6, 6.07) is 14.2. The van der Waals surface area contributed by atoms with E-state index in [1.54, 1.807) is 30.5 Å². The molecule has 5 rings (SSSR count). The molecule has 0 bridgehead atoms. The van der Waals surface area contributed by atoms with Gasteiger partial charge in [-0.1, -0.05) is 54.6 Å². The average molecular weight is 923 g/mol. The number of phenolic OH excluding ortho intramolecular Hbond substituents is 3. The van der Waals surface area contributed by atoms with Crippen molar-refractivity contribution in [1.82, 2.24) is 31.6 Å². The predicted octanol–water partition coefficient (Wildman–Crippen LogP) is -0.259. The topological polar surface area (TPSA) is 366 Å². The first-order valence-electron chi connectivity index (χ1n) is 20.7. The molecule has 0 unspecified atom stereocenters. The molecule has 0 radical (unpaired) electrons. The summed E-state index contributed by atoms with van der Waals surface area (Å²) in [4.78, 5) is 109. The maximum Gasteiger partial charge on any atom is 0.326 e. The van der Waals surface area contributed by atoms with Crippen LogP contribution in [-0.2, 0) is 64.0 Å². The van der Waals surface area contributed by atoms with E-state index in [1.807, 2.05) is 0 Å². The maximum atomic E-state index is 14.2. The number of nitrogens with one attached hydrogen (secondary N) is 6. The van der Waals surface area contributed by atoms with Gasteiger partial charge in [-0.15, -0.1) is 0 Å². The molecule has 0 aliphatic heterocycles. The van der Waals surface area contributed by atoms with Crippen molar-refractivity contribution in [2.45, 2.75) is 74.8 Å². The first kappa shape index (κ1) is 49.6. The first-order chi connectivity index (χ1) is 31.8. The molecule has 6 atom stereocenters. The molecule has 1 aromatic heterocycles. The van der Waals surface area contributed by atoms with E-state index in [9.17, 15) is 63.9 Å². The number of para-hydroxylation sites is 1. The molecule has 6 amide bonds. The number of aliphatic carboxylic acids is 2. The fourth-order valence-electron chi connectivity index (χ4n) is 7.02. The number of carboxylic acid groups (broad SMARTS) is 2. The number of carbonyl (C=O) groups is 8. The molecule has 1 heterocycles. The summed E-state index contributed by atoms with van der Waals surface area (Å²) in [6.07, 6.45) is -1.06. The van der Waals surface area contributed by atoms with Gasteiger partial charge in [0.2, 0.25) is 35.4 Å². The zero-order valence-electron chi connectivity index (χ0n) is 35.7. The summed E-state index contributed by atoms with van der Waals surface area (Å²) >= 11 is 0. The fraction of sp³-hybridized carbons (Fsp3) is 0.261. The molecule has 0 saturated heterocycles. The average Bonchev–Trinajstić information content (AvgIpc) is 3.69. The van der Waals surface area contributed by atoms with Crippen LogP contribution in [0.1, 0.15) is 35.1 Å². The highest BCUT2D eigenvalue weighted by atomic mass is 16.4. The van der Waals surface area contributed by atoms with E-state index in [2.05, 4.69) is 31.6 Å². The number of aromatic hydroxyl groups is 3. The highest BCUT2D eigenvalue weighted by Gasteiger charge is 2.35. The van der Waals surface area contributed by atoms with E-state index in [-0.39, 0.29) is 42.9 Å². The summed E-state index contributed by atoms with van der Waals surface area (Å²) in [6.45, 7) is 0. The Balaban J connectivity index is 1.39. The number of nitrogens with two attached hydrogens (primary N) is 2. The Bertz CT molecular complexity index is 2580. The summed E-state index contributed by atoms with van der Waals surface area (Å²) in [5, 5.41) is 61.5. The van der Waals surface area contributed by atoms with E-state index in [0.29, 0.717) is 33.2 Å². The molecule has 0 saturated carbocycles. The number of aromatic nitrogens is 1. The first-order valence-corrected chi connectivity index (χ1v) is 20.7. The van der Waals surface area contributed by atoms with Gasteiger partial charge < -0.3 is 68.6 Å². The Kier molecular flexibility index (Phi) is 17.0. The SMILES string of the molecule is NC(=O)C[C@H](NC(=O)[C@H](Cc1ccc(O)cc1)NC(=O)[C@H](CC(=O)O)NC(=O)[C@@H](N)Cc1ccc(O)cc1)C(=O)N[C@@H](Cc1c[nH]c2ccccc12)C(=O)N[C@@H](Cc1ccc(O)cc1)C(=O)O. The van der Waals surface area contributed by atoms with Crippen molar-refractivity contribution in [2.24, 2.45) is 11.5 Å². The van der Waals surface area contributed by atoms with Gasteiger partial charge in [0.15, 0.2) is 0 Å². The number of phenols is 3. The van der Waals surface area contributed by atoms with Crippen molar-refractivity contribution in [3.8, 4) is 17.2 Å². The van der Waals surface area contributed by atoms with Gasteiger partial charge in [-0.05, 0) is 71.1 Å². The molecule has 0 aliphatic rings. The molecule has 15 N–H and O–H groups in total. The summed E-state index contributed by atoms with van der Waals surface area (Å²) in [7, 11) is 0.